The van der Waals surface area contributed by atoms with Crippen molar-refractivity contribution in [3.8, 4) is 6.07 Å². The minimum Gasteiger partial charge on any atom is -0.480 e. The number of hydrogen-bond donors (Lipinski definition) is 1. The van der Waals surface area contributed by atoms with Crippen LogP contribution in [0.1, 0.15) is 12.5 Å². The second kappa shape index (κ2) is 5.67. The molecular formula is C13H16N4O2. The largest absolute Gasteiger partial charge is 0.480 e. The Hall–Kier alpha value is -2.13. The van der Waals surface area contributed by atoms with Gasteiger partial charge in [-0.05, 0) is 19.1 Å². The van der Waals surface area contributed by atoms with Crippen LogP contribution in [0.2, 0.25) is 0 Å². The first-order chi connectivity index (χ1) is 9.13. The van der Waals surface area contributed by atoms with Crippen LogP contribution in [0, 0.1) is 11.3 Å². The fourth-order valence-electron chi connectivity index (χ4n) is 2.21. The molecule has 100 valence electrons. The van der Waals surface area contributed by atoms with E-state index in [1.165, 1.54) is 0 Å². The third kappa shape index (κ3) is 2.83. The first kappa shape index (κ1) is 13.3. The maximum absolute atomic E-state index is 10.9. The molecule has 2 rings (SSSR count). The standard InChI is InChI=1S/C13H16N4O2/c1-10(13(18)19)16-5-7-17(8-6-16)12-11(9-14)3-2-4-15-12/h2-4,10H,5-8H2,1H3,(H,18,19). The Morgan fingerprint density at radius 1 is 1.47 bits per heavy atom. The molecule has 0 spiro atoms. The van der Waals surface area contributed by atoms with Crippen LogP contribution in [-0.4, -0.2) is 53.2 Å². The number of nitrogens with zero attached hydrogens (tertiary/aromatic N) is 4. The van der Waals surface area contributed by atoms with Gasteiger partial charge in [0.15, 0.2) is 0 Å². The Balaban J connectivity index is 2.04. The maximum Gasteiger partial charge on any atom is 0.320 e. The summed E-state index contributed by atoms with van der Waals surface area (Å²) in [6.07, 6.45) is 1.67. The van der Waals surface area contributed by atoms with Crippen LogP contribution in [0.15, 0.2) is 18.3 Å². The summed E-state index contributed by atoms with van der Waals surface area (Å²) in [4.78, 5) is 19.1. The monoisotopic (exact) mass is 260 g/mol. The van der Waals surface area contributed by atoms with Crippen LogP contribution >= 0.6 is 0 Å². The maximum atomic E-state index is 10.9. The molecule has 0 aliphatic carbocycles. The summed E-state index contributed by atoms with van der Waals surface area (Å²) in [6, 6.07) is 5.15. The highest BCUT2D eigenvalue weighted by Crippen LogP contribution is 2.18. The minimum absolute atomic E-state index is 0.471. The van der Waals surface area contributed by atoms with Crippen molar-refractivity contribution in [2.24, 2.45) is 0 Å². The van der Waals surface area contributed by atoms with Gasteiger partial charge in [-0.1, -0.05) is 0 Å². The molecular weight excluding hydrogens is 244 g/mol. The average molecular weight is 260 g/mol. The Morgan fingerprint density at radius 2 is 2.16 bits per heavy atom. The lowest BCUT2D eigenvalue weighted by atomic mass is 10.2. The van der Waals surface area contributed by atoms with Gasteiger partial charge in [0.25, 0.3) is 0 Å². The molecule has 0 amide bonds. The number of aliphatic carboxylic acids is 1. The van der Waals surface area contributed by atoms with Gasteiger partial charge in [0, 0.05) is 32.4 Å². The fourth-order valence-corrected chi connectivity index (χ4v) is 2.21. The van der Waals surface area contributed by atoms with Gasteiger partial charge >= 0.3 is 5.97 Å². The van der Waals surface area contributed by atoms with Gasteiger partial charge in [0.2, 0.25) is 0 Å². The van der Waals surface area contributed by atoms with E-state index in [1.54, 1.807) is 25.3 Å². The molecule has 1 saturated heterocycles. The number of anilines is 1. The highest BCUT2D eigenvalue weighted by atomic mass is 16.4. The van der Waals surface area contributed by atoms with E-state index in [9.17, 15) is 4.79 Å². The summed E-state index contributed by atoms with van der Waals surface area (Å²) in [5.41, 5.74) is 0.558. The molecule has 19 heavy (non-hydrogen) atoms. The molecule has 0 bridgehead atoms. The Morgan fingerprint density at radius 3 is 2.74 bits per heavy atom. The number of carbonyl (C=O) groups is 1. The van der Waals surface area contributed by atoms with Gasteiger partial charge in [-0.25, -0.2) is 4.98 Å². The van der Waals surface area contributed by atoms with Gasteiger partial charge in [-0.3, -0.25) is 9.69 Å². The Labute approximate surface area is 111 Å². The van der Waals surface area contributed by atoms with Crippen molar-refractivity contribution in [2.45, 2.75) is 13.0 Å². The van der Waals surface area contributed by atoms with Crippen LogP contribution in [-0.2, 0) is 4.79 Å². The van der Waals surface area contributed by atoms with Crippen molar-refractivity contribution < 1.29 is 9.90 Å². The van der Waals surface area contributed by atoms with Crippen molar-refractivity contribution >= 4 is 11.8 Å². The number of aromatic nitrogens is 1. The van der Waals surface area contributed by atoms with Gasteiger partial charge in [-0.2, -0.15) is 5.26 Å². The first-order valence-electron chi connectivity index (χ1n) is 6.20. The molecule has 0 aromatic carbocycles. The summed E-state index contributed by atoms with van der Waals surface area (Å²) in [5, 5.41) is 18.0. The molecule has 6 nitrogen and oxygen atoms in total. The number of nitriles is 1. The smallest absolute Gasteiger partial charge is 0.320 e. The van der Waals surface area contributed by atoms with Crippen LogP contribution in [0.5, 0.6) is 0 Å². The Kier molecular flexibility index (Phi) is 3.97. The van der Waals surface area contributed by atoms with E-state index in [2.05, 4.69) is 11.1 Å². The molecule has 1 atom stereocenters. The zero-order valence-corrected chi connectivity index (χ0v) is 10.8. The van der Waals surface area contributed by atoms with E-state index in [-0.39, 0.29) is 0 Å². The van der Waals surface area contributed by atoms with Crippen LogP contribution in [0.4, 0.5) is 5.82 Å². The quantitative estimate of drug-likeness (QED) is 0.854. The van der Waals surface area contributed by atoms with E-state index in [0.717, 1.165) is 0 Å². The van der Waals surface area contributed by atoms with Gasteiger partial charge in [0.05, 0.1) is 5.56 Å². The number of rotatable bonds is 3. The Bertz CT molecular complexity index is 504. The lowest BCUT2D eigenvalue weighted by molar-refractivity contribution is -0.142. The summed E-state index contributed by atoms with van der Waals surface area (Å²) >= 11 is 0. The summed E-state index contributed by atoms with van der Waals surface area (Å²) in [7, 11) is 0. The predicted molar refractivity (Wildman–Crippen MR) is 69.8 cm³/mol. The van der Waals surface area contributed by atoms with Crippen molar-refractivity contribution in [1.29, 1.82) is 5.26 Å². The lowest BCUT2D eigenvalue weighted by Gasteiger charge is -2.37. The van der Waals surface area contributed by atoms with Crippen LogP contribution in [0.25, 0.3) is 0 Å². The zero-order valence-electron chi connectivity index (χ0n) is 10.8. The van der Waals surface area contributed by atoms with Crippen LogP contribution in [0.3, 0.4) is 0 Å². The molecule has 2 heterocycles. The predicted octanol–water partition coefficient (Wildman–Crippen LogP) is 0.548. The van der Waals surface area contributed by atoms with Crippen molar-refractivity contribution in [1.82, 2.24) is 9.88 Å². The van der Waals surface area contributed by atoms with Gasteiger partial charge in [0.1, 0.15) is 17.9 Å². The molecule has 1 aromatic rings. The topological polar surface area (TPSA) is 80.5 Å². The van der Waals surface area contributed by atoms with E-state index >= 15 is 0 Å². The first-order valence-corrected chi connectivity index (χ1v) is 6.20. The number of hydrogen-bond acceptors (Lipinski definition) is 5. The molecule has 0 radical (unpaired) electrons. The average Bonchev–Trinajstić information content (AvgIpc) is 2.46. The molecule has 0 saturated carbocycles. The van der Waals surface area contributed by atoms with Crippen molar-refractivity contribution in [3.05, 3.63) is 23.9 Å². The van der Waals surface area contributed by atoms with Crippen molar-refractivity contribution in [2.75, 3.05) is 31.1 Å². The minimum atomic E-state index is -0.802. The van der Waals surface area contributed by atoms with Gasteiger partial charge in [-0.15, -0.1) is 0 Å². The third-order valence-electron chi connectivity index (χ3n) is 3.43. The zero-order chi connectivity index (χ0) is 13.8. The third-order valence-corrected chi connectivity index (χ3v) is 3.43. The molecule has 1 aliphatic rings. The number of carboxylic acids is 1. The highest BCUT2D eigenvalue weighted by molar-refractivity contribution is 5.73. The summed E-state index contributed by atoms with van der Waals surface area (Å²) in [5.74, 6) is -0.114. The molecule has 1 N–H and O–H groups in total. The van der Waals surface area contributed by atoms with E-state index < -0.39 is 12.0 Å². The van der Waals surface area contributed by atoms with Gasteiger partial charge < -0.3 is 10.0 Å². The van der Waals surface area contributed by atoms with Crippen molar-refractivity contribution in [3.63, 3.8) is 0 Å². The summed E-state index contributed by atoms with van der Waals surface area (Å²) < 4.78 is 0. The highest BCUT2D eigenvalue weighted by Gasteiger charge is 2.26. The molecule has 1 aliphatic heterocycles. The summed E-state index contributed by atoms with van der Waals surface area (Å²) in [6.45, 7) is 4.38. The molecule has 1 unspecified atom stereocenters. The SMILES string of the molecule is CC(C(=O)O)N1CCN(c2ncccc2C#N)CC1. The van der Waals surface area contributed by atoms with Crippen LogP contribution < -0.4 is 4.90 Å². The number of pyridine rings is 1. The second-order valence-electron chi connectivity index (χ2n) is 4.52. The molecule has 1 fully saturated rings. The van der Waals surface area contributed by atoms with E-state index in [4.69, 9.17) is 10.4 Å². The molecule has 1 aromatic heterocycles. The normalized spacial score (nSPS) is 17.8. The number of piperazine rings is 1. The van der Waals surface area contributed by atoms with E-state index in [1.807, 2.05) is 9.80 Å². The number of carboxylic acid groups (broad SMARTS) is 1. The lowest BCUT2D eigenvalue weighted by Crippen LogP contribution is -2.52. The van der Waals surface area contributed by atoms with E-state index in [0.29, 0.717) is 37.6 Å². The second-order valence-corrected chi connectivity index (χ2v) is 4.52. The molecule has 6 heteroatoms. The fraction of sp³-hybridized carbons (Fsp3) is 0.462.